The minimum absolute atomic E-state index is 0.0791. The van der Waals surface area contributed by atoms with Crippen LogP contribution in [0, 0.1) is 5.92 Å². The molecule has 1 aromatic rings. The first-order chi connectivity index (χ1) is 9.38. The van der Waals surface area contributed by atoms with Gasteiger partial charge in [0, 0.05) is 31.1 Å². The molecule has 1 aliphatic heterocycles. The number of aliphatic hydroxyl groups is 1. The lowest BCUT2D eigenvalue weighted by atomic mass is 9.86. The molecule has 1 heterocycles. The lowest BCUT2D eigenvalue weighted by molar-refractivity contribution is 0.0927. The Kier molecular flexibility index (Phi) is 4.45. The van der Waals surface area contributed by atoms with E-state index in [9.17, 15) is 9.90 Å². The Balaban J connectivity index is 1.92. The molecule has 1 amide bonds. The molecule has 20 heavy (non-hydrogen) atoms. The molecule has 1 aliphatic rings. The fourth-order valence-electron chi connectivity index (χ4n) is 2.37. The maximum atomic E-state index is 12.1. The molecular formula is C16H24N2O2. The Hall–Kier alpha value is -1.39. The van der Waals surface area contributed by atoms with Crippen molar-refractivity contribution in [3.63, 3.8) is 0 Å². The molecule has 2 atom stereocenters. The summed E-state index contributed by atoms with van der Waals surface area (Å²) < 4.78 is 0. The second-order valence-corrected chi connectivity index (χ2v) is 6.52. The largest absolute Gasteiger partial charge is 0.391 e. The van der Waals surface area contributed by atoms with Crippen LogP contribution in [-0.4, -0.2) is 36.8 Å². The van der Waals surface area contributed by atoms with E-state index in [2.05, 4.69) is 31.4 Å². The van der Waals surface area contributed by atoms with Gasteiger partial charge < -0.3 is 15.7 Å². The molecule has 2 rings (SSSR count). The Morgan fingerprint density at radius 1 is 1.30 bits per heavy atom. The average molecular weight is 276 g/mol. The van der Waals surface area contributed by atoms with Gasteiger partial charge >= 0.3 is 0 Å². The highest BCUT2D eigenvalue weighted by molar-refractivity contribution is 5.94. The molecule has 2 unspecified atom stereocenters. The molecule has 0 aromatic heterocycles. The summed E-state index contributed by atoms with van der Waals surface area (Å²) in [6.45, 7) is 8.32. The predicted molar refractivity (Wildman–Crippen MR) is 79.8 cm³/mol. The van der Waals surface area contributed by atoms with Gasteiger partial charge in [0.25, 0.3) is 5.91 Å². The Morgan fingerprint density at radius 3 is 2.45 bits per heavy atom. The molecule has 1 fully saturated rings. The molecule has 0 bridgehead atoms. The van der Waals surface area contributed by atoms with Crippen molar-refractivity contribution in [2.75, 3.05) is 19.6 Å². The molecule has 1 saturated heterocycles. The van der Waals surface area contributed by atoms with Gasteiger partial charge in [-0.15, -0.1) is 0 Å². The quantitative estimate of drug-likeness (QED) is 0.780. The molecule has 0 aliphatic carbocycles. The molecule has 0 saturated carbocycles. The SMILES string of the molecule is CC(C)(C)c1ccc(C(=O)NCC2CNCC2O)cc1. The Morgan fingerprint density at radius 2 is 1.95 bits per heavy atom. The normalized spacial score (nSPS) is 22.8. The fourth-order valence-corrected chi connectivity index (χ4v) is 2.37. The van der Waals surface area contributed by atoms with Gasteiger partial charge in [-0.25, -0.2) is 0 Å². The predicted octanol–water partition coefficient (Wildman–Crippen LogP) is 1.29. The topological polar surface area (TPSA) is 61.4 Å². The number of aliphatic hydroxyl groups excluding tert-OH is 1. The minimum Gasteiger partial charge on any atom is -0.391 e. The van der Waals surface area contributed by atoms with Crippen molar-refractivity contribution in [3.05, 3.63) is 35.4 Å². The van der Waals surface area contributed by atoms with E-state index in [1.54, 1.807) is 0 Å². The number of carbonyl (C=O) groups is 1. The maximum absolute atomic E-state index is 12.1. The summed E-state index contributed by atoms with van der Waals surface area (Å²) in [5, 5.41) is 15.7. The van der Waals surface area contributed by atoms with Crippen LogP contribution >= 0.6 is 0 Å². The summed E-state index contributed by atoms with van der Waals surface area (Å²) in [4.78, 5) is 12.1. The van der Waals surface area contributed by atoms with Crippen LogP contribution in [0.1, 0.15) is 36.7 Å². The Bertz CT molecular complexity index is 462. The van der Waals surface area contributed by atoms with Crippen LogP contribution in [0.5, 0.6) is 0 Å². The minimum atomic E-state index is -0.362. The molecule has 1 aromatic carbocycles. The number of hydrogen-bond acceptors (Lipinski definition) is 3. The van der Waals surface area contributed by atoms with Crippen LogP contribution in [0.4, 0.5) is 0 Å². The van der Waals surface area contributed by atoms with Gasteiger partial charge in [-0.05, 0) is 23.1 Å². The number of β-amino-alcohol motifs (C(OH)–C–C–N with tert-alkyl or cyclic N) is 1. The first-order valence-electron chi connectivity index (χ1n) is 7.15. The van der Waals surface area contributed by atoms with Crippen LogP contribution in [0.15, 0.2) is 24.3 Å². The smallest absolute Gasteiger partial charge is 0.251 e. The van der Waals surface area contributed by atoms with Crippen molar-refractivity contribution >= 4 is 5.91 Å². The molecular weight excluding hydrogens is 252 g/mol. The first-order valence-corrected chi connectivity index (χ1v) is 7.15. The summed E-state index contributed by atoms with van der Waals surface area (Å²) in [7, 11) is 0. The van der Waals surface area contributed by atoms with Gasteiger partial charge in [-0.3, -0.25) is 4.79 Å². The van der Waals surface area contributed by atoms with Crippen LogP contribution in [0.3, 0.4) is 0 Å². The van der Waals surface area contributed by atoms with Crippen molar-refractivity contribution in [1.29, 1.82) is 0 Å². The lowest BCUT2D eigenvalue weighted by Gasteiger charge is -2.19. The summed E-state index contributed by atoms with van der Waals surface area (Å²) in [6, 6.07) is 7.72. The van der Waals surface area contributed by atoms with Gasteiger partial charge in [0.15, 0.2) is 0 Å². The number of carbonyl (C=O) groups excluding carboxylic acids is 1. The number of rotatable bonds is 3. The van der Waals surface area contributed by atoms with Crippen LogP contribution < -0.4 is 10.6 Å². The zero-order chi connectivity index (χ0) is 14.8. The molecule has 0 spiro atoms. The highest BCUT2D eigenvalue weighted by Crippen LogP contribution is 2.22. The monoisotopic (exact) mass is 276 g/mol. The van der Waals surface area contributed by atoms with Gasteiger partial charge in [0.1, 0.15) is 0 Å². The van der Waals surface area contributed by atoms with Crippen molar-refractivity contribution in [2.45, 2.75) is 32.3 Å². The number of nitrogens with one attached hydrogen (secondary N) is 2. The molecule has 3 N–H and O–H groups in total. The highest BCUT2D eigenvalue weighted by Gasteiger charge is 2.25. The fraction of sp³-hybridized carbons (Fsp3) is 0.562. The third-order valence-corrected chi connectivity index (χ3v) is 3.84. The molecule has 0 radical (unpaired) electrons. The standard InChI is InChI=1S/C16H24N2O2/c1-16(2,3)13-6-4-11(5-7-13)15(20)18-9-12-8-17-10-14(12)19/h4-7,12,14,17,19H,8-10H2,1-3H3,(H,18,20). The van der Waals surface area contributed by atoms with E-state index in [-0.39, 0.29) is 23.3 Å². The maximum Gasteiger partial charge on any atom is 0.251 e. The number of amides is 1. The summed E-state index contributed by atoms with van der Waals surface area (Å²) in [5.41, 5.74) is 1.97. The van der Waals surface area contributed by atoms with E-state index in [1.165, 1.54) is 5.56 Å². The van der Waals surface area contributed by atoms with Crippen LogP contribution in [-0.2, 0) is 5.41 Å². The van der Waals surface area contributed by atoms with Crippen LogP contribution in [0.25, 0.3) is 0 Å². The van der Waals surface area contributed by atoms with Gasteiger partial charge in [0.05, 0.1) is 6.10 Å². The van der Waals surface area contributed by atoms with E-state index in [0.717, 1.165) is 6.54 Å². The van der Waals surface area contributed by atoms with Crippen LogP contribution in [0.2, 0.25) is 0 Å². The van der Waals surface area contributed by atoms with E-state index in [0.29, 0.717) is 18.7 Å². The summed E-state index contributed by atoms with van der Waals surface area (Å²) in [6.07, 6.45) is -0.362. The third kappa shape index (κ3) is 3.58. The first kappa shape index (κ1) is 15.0. The van der Waals surface area contributed by atoms with E-state index >= 15 is 0 Å². The summed E-state index contributed by atoms with van der Waals surface area (Å²) in [5.74, 6) is 0.0253. The average Bonchev–Trinajstić information content (AvgIpc) is 2.81. The van der Waals surface area contributed by atoms with Crippen molar-refractivity contribution in [3.8, 4) is 0 Å². The Labute approximate surface area is 120 Å². The van der Waals surface area contributed by atoms with Crippen molar-refractivity contribution < 1.29 is 9.90 Å². The highest BCUT2D eigenvalue weighted by atomic mass is 16.3. The molecule has 4 nitrogen and oxygen atoms in total. The number of hydrogen-bond donors (Lipinski definition) is 3. The second-order valence-electron chi connectivity index (χ2n) is 6.52. The lowest BCUT2D eigenvalue weighted by Crippen LogP contribution is -2.34. The molecule has 4 heteroatoms. The van der Waals surface area contributed by atoms with Gasteiger partial charge in [-0.2, -0.15) is 0 Å². The zero-order valence-corrected chi connectivity index (χ0v) is 12.4. The van der Waals surface area contributed by atoms with E-state index in [4.69, 9.17) is 0 Å². The third-order valence-electron chi connectivity index (χ3n) is 3.84. The van der Waals surface area contributed by atoms with Crippen molar-refractivity contribution in [1.82, 2.24) is 10.6 Å². The van der Waals surface area contributed by atoms with Gasteiger partial charge in [-0.1, -0.05) is 32.9 Å². The van der Waals surface area contributed by atoms with Gasteiger partial charge in [0.2, 0.25) is 0 Å². The number of benzene rings is 1. The van der Waals surface area contributed by atoms with E-state index in [1.807, 2.05) is 24.3 Å². The van der Waals surface area contributed by atoms with E-state index < -0.39 is 0 Å². The summed E-state index contributed by atoms with van der Waals surface area (Å²) >= 11 is 0. The second kappa shape index (κ2) is 5.94. The zero-order valence-electron chi connectivity index (χ0n) is 12.4. The molecule has 110 valence electrons. The van der Waals surface area contributed by atoms with Crippen molar-refractivity contribution in [2.24, 2.45) is 5.92 Å².